The molecule has 0 aliphatic heterocycles. The molecule has 2 aliphatic carbocycles. The fourth-order valence-electron chi connectivity index (χ4n) is 4.92. The van der Waals surface area contributed by atoms with Gasteiger partial charge in [0.2, 0.25) is 11.8 Å². The molecule has 3 unspecified atom stereocenters. The van der Waals surface area contributed by atoms with E-state index in [1.165, 1.54) is 7.11 Å². The van der Waals surface area contributed by atoms with E-state index in [0.29, 0.717) is 32.5 Å². The van der Waals surface area contributed by atoms with Crippen molar-refractivity contribution in [3.8, 4) is 11.5 Å². The van der Waals surface area contributed by atoms with Gasteiger partial charge in [0.05, 0.1) is 23.3 Å². The number of hydrogen-bond acceptors (Lipinski definition) is 7. The molecule has 202 valence electrons. The number of carbonyl (C=O) groups excluding carboxylic acids is 3. The van der Waals surface area contributed by atoms with Crippen molar-refractivity contribution in [1.82, 2.24) is 10.2 Å². The van der Waals surface area contributed by atoms with Crippen LogP contribution in [0.3, 0.4) is 0 Å². The first-order valence-electron chi connectivity index (χ1n) is 12.4. The fourth-order valence-corrected chi connectivity index (χ4v) is 5.68. The van der Waals surface area contributed by atoms with Crippen LogP contribution in [0.5, 0.6) is 11.5 Å². The molecule has 2 aliphatic rings. The van der Waals surface area contributed by atoms with E-state index >= 15 is 0 Å². The van der Waals surface area contributed by atoms with Gasteiger partial charge in [0.25, 0.3) is 0 Å². The van der Waals surface area contributed by atoms with Gasteiger partial charge in [-0.2, -0.15) is 0 Å². The molecule has 1 saturated carbocycles. The summed E-state index contributed by atoms with van der Waals surface area (Å²) in [6.45, 7) is 3.56. The predicted octanol–water partition coefficient (Wildman–Crippen LogP) is 2.77. The van der Waals surface area contributed by atoms with Gasteiger partial charge in [0.15, 0.2) is 11.5 Å². The van der Waals surface area contributed by atoms with Crippen molar-refractivity contribution < 1.29 is 34.1 Å². The number of aliphatic hydroxyl groups is 2. The van der Waals surface area contributed by atoms with Gasteiger partial charge >= 0.3 is 0 Å². The monoisotopic (exact) mass is 626 g/mol. The molecule has 10 heteroatoms. The molecular formula is C27H35IN2O7. The van der Waals surface area contributed by atoms with Crippen LogP contribution in [0.2, 0.25) is 0 Å². The molecule has 0 radical (unpaired) electrons. The molecule has 0 saturated heterocycles. The van der Waals surface area contributed by atoms with Crippen molar-refractivity contribution in [1.29, 1.82) is 0 Å². The molecule has 9 nitrogen and oxygen atoms in total. The van der Waals surface area contributed by atoms with E-state index in [2.05, 4.69) is 5.32 Å². The van der Waals surface area contributed by atoms with Crippen LogP contribution in [0, 0.1) is 3.57 Å². The number of benzene rings is 1. The largest absolute Gasteiger partial charge is 0.493 e. The van der Waals surface area contributed by atoms with Crippen molar-refractivity contribution in [2.45, 2.75) is 70.2 Å². The Bertz CT molecular complexity index is 1060. The highest BCUT2D eigenvalue weighted by atomic mass is 127. The van der Waals surface area contributed by atoms with E-state index in [1.807, 2.05) is 36.4 Å². The van der Waals surface area contributed by atoms with Crippen LogP contribution >= 0.6 is 22.6 Å². The highest BCUT2D eigenvalue weighted by Crippen LogP contribution is 2.38. The van der Waals surface area contributed by atoms with E-state index in [-0.39, 0.29) is 31.5 Å². The second-order valence-corrected chi connectivity index (χ2v) is 10.7. The van der Waals surface area contributed by atoms with Gasteiger partial charge in [-0.3, -0.25) is 14.4 Å². The summed E-state index contributed by atoms with van der Waals surface area (Å²) < 4.78 is 12.3. The number of allylic oxidation sites excluding steroid dienone is 1. The summed E-state index contributed by atoms with van der Waals surface area (Å²) in [6, 6.07) is 2.43. The Morgan fingerprint density at radius 3 is 2.54 bits per heavy atom. The summed E-state index contributed by atoms with van der Waals surface area (Å²) in [5.74, 6) is 0.0526. The van der Waals surface area contributed by atoms with Crippen LogP contribution in [-0.2, 0) is 9.59 Å². The first-order valence-corrected chi connectivity index (χ1v) is 13.5. The third-order valence-electron chi connectivity index (χ3n) is 6.60. The summed E-state index contributed by atoms with van der Waals surface area (Å²) in [4.78, 5) is 39.4. The molecule has 1 aromatic carbocycles. The van der Waals surface area contributed by atoms with Crippen LogP contribution in [0.4, 0.5) is 0 Å². The van der Waals surface area contributed by atoms with Crippen LogP contribution in [0.15, 0.2) is 35.4 Å². The second-order valence-electron chi connectivity index (χ2n) is 9.57. The quantitative estimate of drug-likeness (QED) is 0.207. The van der Waals surface area contributed by atoms with E-state index in [9.17, 15) is 24.6 Å². The number of nitrogens with zero attached hydrogens (tertiary/aromatic N) is 1. The third-order valence-corrected chi connectivity index (χ3v) is 7.40. The van der Waals surface area contributed by atoms with E-state index < -0.39 is 24.2 Å². The van der Waals surface area contributed by atoms with Crippen LogP contribution < -0.4 is 14.8 Å². The minimum absolute atomic E-state index is 0.0511. The average Bonchev–Trinajstić information content (AvgIpc) is 3.39. The molecule has 1 aromatic rings. The minimum Gasteiger partial charge on any atom is -0.493 e. The molecule has 37 heavy (non-hydrogen) atoms. The predicted molar refractivity (Wildman–Crippen MR) is 147 cm³/mol. The van der Waals surface area contributed by atoms with E-state index in [1.54, 1.807) is 29.2 Å². The lowest BCUT2D eigenvalue weighted by Gasteiger charge is -2.43. The molecule has 0 spiro atoms. The maximum Gasteiger partial charge on any atom is 0.247 e. The molecule has 0 bridgehead atoms. The Hall–Kier alpha value is -2.44. The van der Waals surface area contributed by atoms with Gasteiger partial charge < -0.3 is 29.9 Å². The Morgan fingerprint density at radius 2 is 1.95 bits per heavy atom. The van der Waals surface area contributed by atoms with Crippen molar-refractivity contribution in [2.24, 2.45) is 0 Å². The summed E-state index contributed by atoms with van der Waals surface area (Å²) in [5, 5.41) is 23.4. The number of hydrogen-bond donors (Lipinski definition) is 3. The van der Waals surface area contributed by atoms with Crippen LogP contribution in [0.1, 0.15) is 56.3 Å². The maximum absolute atomic E-state index is 13.4. The number of carbonyl (C=O) groups is 3. The Balaban J connectivity index is 2.04. The lowest BCUT2D eigenvalue weighted by molar-refractivity contribution is -0.136. The number of amides is 2. The van der Waals surface area contributed by atoms with Crippen LogP contribution in [0.25, 0.3) is 0 Å². The van der Waals surface area contributed by atoms with Crippen molar-refractivity contribution in [2.75, 3.05) is 20.3 Å². The third kappa shape index (κ3) is 7.11. The van der Waals surface area contributed by atoms with Gasteiger partial charge in [-0.15, -0.1) is 0 Å². The van der Waals surface area contributed by atoms with Gasteiger partial charge in [0.1, 0.15) is 18.5 Å². The minimum atomic E-state index is -1.13. The number of aliphatic hydroxyl groups excluding tert-OH is 2. The van der Waals surface area contributed by atoms with Gasteiger partial charge in [0, 0.05) is 36.2 Å². The number of nitrogens with one attached hydrogen (secondary N) is 1. The fraction of sp³-hybridized carbons (Fsp3) is 0.519. The van der Waals surface area contributed by atoms with E-state index in [0.717, 1.165) is 31.3 Å². The van der Waals surface area contributed by atoms with Gasteiger partial charge in [-0.05, 0) is 67.5 Å². The topological polar surface area (TPSA) is 125 Å². The zero-order chi connectivity index (χ0) is 27.1. The van der Waals surface area contributed by atoms with Crippen LogP contribution in [-0.4, -0.2) is 77.8 Å². The molecule has 0 heterocycles. The number of aldehydes is 1. The summed E-state index contributed by atoms with van der Waals surface area (Å²) in [7, 11) is 1.45. The normalized spacial score (nSPS) is 21.6. The summed E-state index contributed by atoms with van der Waals surface area (Å²) >= 11 is 2.03. The summed E-state index contributed by atoms with van der Waals surface area (Å²) in [5.41, 5.74) is 1.62. The zero-order valence-electron chi connectivity index (χ0n) is 21.4. The van der Waals surface area contributed by atoms with E-state index in [4.69, 9.17) is 9.47 Å². The average molecular weight is 626 g/mol. The van der Waals surface area contributed by atoms with Crippen molar-refractivity contribution in [3.05, 3.63) is 44.6 Å². The first kappa shape index (κ1) is 29.1. The molecule has 3 atom stereocenters. The molecule has 0 aromatic heterocycles. The number of ether oxygens (including phenoxy) is 2. The molecule has 1 fully saturated rings. The zero-order valence-corrected chi connectivity index (χ0v) is 23.6. The number of halogens is 1. The van der Waals surface area contributed by atoms with Gasteiger partial charge in [-0.1, -0.05) is 18.4 Å². The highest BCUT2D eigenvalue weighted by molar-refractivity contribution is 14.1. The summed E-state index contributed by atoms with van der Waals surface area (Å²) in [6.07, 6.45) is 5.51. The maximum atomic E-state index is 13.4. The smallest absolute Gasteiger partial charge is 0.247 e. The van der Waals surface area contributed by atoms with Crippen molar-refractivity contribution >= 4 is 40.7 Å². The Kier molecular flexibility index (Phi) is 10.5. The lowest BCUT2D eigenvalue weighted by Crippen LogP contribution is -2.57. The lowest BCUT2D eigenvalue weighted by atomic mass is 9.87. The van der Waals surface area contributed by atoms with Gasteiger partial charge in [-0.25, -0.2) is 0 Å². The SMILES string of the molecule is COc1cc(C=O)cc(I)c1OC1C=C(C(=O)NCCO)CC(N(C(=O)C=C(C)C)C2CCCC2)C1O. The molecule has 2 amide bonds. The Morgan fingerprint density at radius 1 is 1.24 bits per heavy atom. The molecule has 3 rings (SSSR count). The number of methoxy groups -OCH3 is 1. The molecule has 3 N–H and O–H groups in total. The number of rotatable bonds is 10. The van der Waals surface area contributed by atoms with Crippen molar-refractivity contribution in [3.63, 3.8) is 0 Å². The second kappa shape index (κ2) is 13.4. The molecular weight excluding hydrogens is 591 g/mol. The Labute approximate surface area is 231 Å². The standard InChI is InChI=1S/C27H35IN2O7/c1-16(2)10-24(33)30(19-6-4-5-7-19)21-13-18(27(35)29-8-9-31)14-22(25(21)34)37-26-20(28)11-17(15-32)12-23(26)36-3/h10-12,14-15,19,21-22,25,31,34H,4-9,13H2,1-3H3,(H,29,35). The highest BCUT2D eigenvalue weighted by Gasteiger charge is 2.43. The first-order chi connectivity index (χ1) is 17.7.